The molecule has 1 atom stereocenters. The summed E-state index contributed by atoms with van der Waals surface area (Å²) in [6, 6.07) is 5.79. The number of hydrogen-bond donors (Lipinski definition) is 3. The van der Waals surface area contributed by atoms with Gasteiger partial charge in [0.25, 0.3) is 5.91 Å². The Labute approximate surface area is 128 Å². The molecule has 0 saturated carbocycles. The molecule has 1 fully saturated rings. The standard InChI is InChI=1S/C15H20N2O5/c1-15(14(20)21,17-6-8-22-9-7-17)10-16-13(19)11-2-4-12(18)5-3-11/h2-5,18H,6-10H2,1H3,(H,16,19)(H,20,21)/t15-/m0/s1. The van der Waals surface area contributed by atoms with Crippen LogP contribution >= 0.6 is 0 Å². The number of carboxylic acids is 1. The maximum absolute atomic E-state index is 12.1. The van der Waals surface area contributed by atoms with Gasteiger partial charge in [-0.05, 0) is 31.2 Å². The lowest BCUT2D eigenvalue weighted by Gasteiger charge is -2.40. The van der Waals surface area contributed by atoms with E-state index in [4.69, 9.17) is 4.74 Å². The molecule has 1 amide bonds. The summed E-state index contributed by atoms with van der Waals surface area (Å²) < 4.78 is 5.24. The van der Waals surface area contributed by atoms with Crippen LogP contribution in [0.4, 0.5) is 0 Å². The van der Waals surface area contributed by atoms with Gasteiger partial charge in [0.2, 0.25) is 0 Å². The first-order valence-electron chi connectivity index (χ1n) is 7.07. The molecule has 1 saturated heterocycles. The maximum Gasteiger partial charge on any atom is 0.325 e. The number of benzene rings is 1. The van der Waals surface area contributed by atoms with Crippen LogP contribution in [0.1, 0.15) is 17.3 Å². The van der Waals surface area contributed by atoms with E-state index in [0.717, 1.165) is 0 Å². The molecule has 0 aliphatic carbocycles. The molecule has 1 aromatic rings. The van der Waals surface area contributed by atoms with Crippen LogP contribution < -0.4 is 5.32 Å². The zero-order valence-electron chi connectivity index (χ0n) is 12.4. The molecule has 0 radical (unpaired) electrons. The summed E-state index contributed by atoms with van der Waals surface area (Å²) in [5.41, 5.74) is -0.816. The highest BCUT2D eigenvalue weighted by Gasteiger charge is 2.40. The van der Waals surface area contributed by atoms with Crippen LogP contribution in [0.15, 0.2) is 24.3 Å². The van der Waals surface area contributed by atoms with Crippen LogP contribution in [0, 0.1) is 0 Å². The molecule has 1 aliphatic rings. The Hall–Kier alpha value is -2.12. The molecule has 2 rings (SSSR count). The van der Waals surface area contributed by atoms with Crippen LogP contribution in [0.3, 0.4) is 0 Å². The Morgan fingerprint density at radius 1 is 1.27 bits per heavy atom. The molecule has 22 heavy (non-hydrogen) atoms. The fourth-order valence-corrected chi connectivity index (χ4v) is 2.35. The predicted molar refractivity (Wildman–Crippen MR) is 78.9 cm³/mol. The van der Waals surface area contributed by atoms with Crippen molar-refractivity contribution in [2.75, 3.05) is 32.8 Å². The average molecular weight is 308 g/mol. The quantitative estimate of drug-likeness (QED) is 0.723. The van der Waals surface area contributed by atoms with Crippen LogP contribution in [0.25, 0.3) is 0 Å². The Kier molecular flexibility index (Phi) is 4.99. The van der Waals surface area contributed by atoms with E-state index >= 15 is 0 Å². The van der Waals surface area contributed by atoms with Gasteiger partial charge in [-0.15, -0.1) is 0 Å². The smallest absolute Gasteiger partial charge is 0.325 e. The topological polar surface area (TPSA) is 99.1 Å². The van der Waals surface area contributed by atoms with Crippen molar-refractivity contribution in [1.29, 1.82) is 0 Å². The number of nitrogens with zero attached hydrogens (tertiary/aromatic N) is 1. The number of rotatable bonds is 5. The molecule has 0 spiro atoms. The zero-order valence-corrected chi connectivity index (χ0v) is 12.4. The summed E-state index contributed by atoms with van der Waals surface area (Å²) in [6.07, 6.45) is 0. The van der Waals surface area contributed by atoms with Gasteiger partial charge in [-0.25, -0.2) is 0 Å². The normalized spacial score (nSPS) is 18.4. The minimum Gasteiger partial charge on any atom is -0.508 e. The Morgan fingerprint density at radius 2 is 1.86 bits per heavy atom. The molecule has 1 aromatic carbocycles. The van der Waals surface area contributed by atoms with Gasteiger partial charge < -0.3 is 20.3 Å². The van der Waals surface area contributed by atoms with Crippen molar-refractivity contribution in [2.45, 2.75) is 12.5 Å². The SMILES string of the molecule is C[C@](CNC(=O)c1ccc(O)cc1)(C(=O)O)N1CCOCC1. The van der Waals surface area contributed by atoms with Gasteiger partial charge in [-0.1, -0.05) is 0 Å². The van der Waals surface area contributed by atoms with Crippen molar-refractivity contribution in [1.82, 2.24) is 10.2 Å². The van der Waals surface area contributed by atoms with E-state index < -0.39 is 11.5 Å². The molecule has 7 nitrogen and oxygen atoms in total. The van der Waals surface area contributed by atoms with E-state index in [0.29, 0.717) is 31.9 Å². The van der Waals surface area contributed by atoms with E-state index in [9.17, 15) is 19.8 Å². The first-order chi connectivity index (χ1) is 10.4. The van der Waals surface area contributed by atoms with E-state index in [2.05, 4.69) is 5.32 Å². The van der Waals surface area contributed by atoms with Crippen LogP contribution in [0.2, 0.25) is 0 Å². The summed E-state index contributed by atoms with van der Waals surface area (Å²) in [7, 11) is 0. The number of carboxylic acid groups (broad SMARTS) is 1. The first kappa shape index (κ1) is 16.3. The molecule has 120 valence electrons. The molecule has 1 heterocycles. The van der Waals surface area contributed by atoms with Gasteiger partial charge >= 0.3 is 5.97 Å². The molecule has 0 aromatic heterocycles. The monoisotopic (exact) mass is 308 g/mol. The fourth-order valence-electron chi connectivity index (χ4n) is 2.35. The third-order valence-electron chi connectivity index (χ3n) is 3.89. The molecular formula is C15H20N2O5. The van der Waals surface area contributed by atoms with Crippen LogP contribution in [0.5, 0.6) is 5.75 Å². The van der Waals surface area contributed by atoms with E-state index in [-0.39, 0.29) is 18.2 Å². The van der Waals surface area contributed by atoms with Crippen molar-refractivity contribution < 1.29 is 24.5 Å². The lowest BCUT2D eigenvalue weighted by Crippen LogP contribution is -2.61. The van der Waals surface area contributed by atoms with Crippen molar-refractivity contribution in [3.63, 3.8) is 0 Å². The van der Waals surface area contributed by atoms with E-state index in [1.807, 2.05) is 0 Å². The first-order valence-corrected chi connectivity index (χ1v) is 7.07. The number of carbonyl (C=O) groups is 2. The minimum absolute atomic E-state index is 0.0119. The Morgan fingerprint density at radius 3 is 2.41 bits per heavy atom. The Balaban J connectivity index is 2.03. The molecular weight excluding hydrogens is 288 g/mol. The summed E-state index contributed by atoms with van der Waals surface area (Å²) in [4.78, 5) is 25.5. The number of aliphatic carboxylic acids is 1. The Bertz CT molecular complexity index is 539. The summed E-state index contributed by atoms with van der Waals surface area (Å²) in [5, 5.41) is 21.4. The fraction of sp³-hybridized carbons (Fsp3) is 0.467. The number of aromatic hydroxyl groups is 1. The molecule has 0 bridgehead atoms. The maximum atomic E-state index is 12.1. The number of amides is 1. The number of ether oxygens (including phenoxy) is 1. The van der Waals surface area contributed by atoms with Gasteiger partial charge in [-0.2, -0.15) is 0 Å². The second-order valence-corrected chi connectivity index (χ2v) is 5.41. The van der Waals surface area contributed by atoms with Crippen LogP contribution in [-0.2, 0) is 9.53 Å². The van der Waals surface area contributed by atoms with E-state index in [1.54, 1.807) is 11.8 Å². The van der Waals surface area contributed by atoms with Crippen molar-refractivity contribution >= 4 is 11.9 Å². The van der Waals surface area contributed by atoms with E-state index in [1.165, 1.54) is 24.3 Å². The lowest BCUT2D eigenvalue weighted by atomic mass is 9.99. The van der Waals surface area contributed by atoms with Crippen molar-refractivity contribution in [3.05, 3.63) is 29.8 Å². The summed E-state index contributed by atoms with van der Waals surface area (Å²) >= 11 is 0. The summed E-state index contributed by atoms with van der Waals surface area (Å²) in [5.74, 6) is -1.29. The highest BCUT2D eigenvalue weighted by molar-refractivity contribution is 5.94. The van der Waals surface area contributed by atoms with Gasteiger partial charge in [0.15, 0.2) is 0 Å². The third-order valence-corrected chi connectivity index (χ3v) is 3.89. The van der Waals surface area contributed by atoms with Gasteiger partial charge in [-0.3, -0.25) is 14.5 Å². The largest absolute Gasteiger partial charge is 0.508 e. The second kappa shape index (κ2) is 6.76. The highest BCUT2D eigenvalue weighted by Crippen LogP contribution is 2.17. The number of hydrogen-bond acceptors (Lipinski definition) is 5. The number of carbonyl (C=O) groups excluding carboxylic acids is 1. The van der Waals surface area contributed by atoms with Gasteiger partial charge in [0.1, 0.15) is 11.3 Å². The zero-order chi connectivity index (χ0) is 16.2. The number of nitrogens with one attached hydrogen (secondary N) is 1. The predicted octanol–water partition coefficient (Wildman–Crippen LogP) is 0.298. The van der Waals surface area contributed by atoms with Gasteiger partial charge in [0.05, 0.1) is 13.2 Å². The lowest BCUT2D eigenvalue weighted by molar-refractivity contribution is -0.153. The molecule has 1 aliphatic heterocycles. The minimum atomic E-state index is -1.18. The number of phenolic OH excluding ortho intramolecular Hbond substituents is 1. The van der Waals surface area contributed by atoms with Gasteiger partial charge in [0, 0.05) is 25.2 Å². The summed E-state index contributed by atoms with van der Waals surface area (Å²) in [6.45, 7) is 3.57. The molecule has 0 unspecified atom stereocenters. The highest BCUT2D eigenvalue weighted by atomic mass is 16.5. The number of morpholine rings is 1. The van der Waals surface area contributed by atoms with Crippen molar-refractivity contribution in [3.8, 4) is 5.75 Å². The third kappa shape index (κ3) is 3.55. The second-order valence-electron chi connectivity index (χ2n) is 5.41. The number of phenols is 1. The van der Waals surface area contributed by atoms with Crippen molar-refractivity contribution in [2.24, 2.45) is 0 Å². The van der Waals surface area contributed by atoms with Crippen LogP contribution in [-0.4, -0.2) is 65.4 Å². The molecule has 3 N–H and O–H groups in total. The average Bonchev–Trinajstić information content (AvgIpc) is 2.53. The molecule has 7 heteroatoms.